The first-order valence-electron chi connectivity index (χ1n) is 7.17. The van der Waals surface area contributed by atoms with Crippen LogP contribution in [0.5, 0.6) is 0 Å². The van der Waals surface area contributed by atoms with Gasteiger partial charge in [-0.2, -0.15) is 0 Å². The van der Waals surface area contributed by atoms with Crippen LogP contribution in [0.25, 0.3) is 0 Å². The van der Waals surface area contributed by atoms with Crippen LogP contribution in [0.4, 0.5) is 5.13 Å². The first-order valence-corrected chi connectivity index (χ1v) is 8.98. The quantitative estimate of drug-likeness (QED) is 0.557. The Balaban J connectivity index is 1.69. The molecule has 1 aromatic heterocycles. The smallest absolute Gasteiger partial charge is 0.306 e. The van der Waals surface area contributed by atoms with Crippen molar-refractivity contribution in [3.8, 4) is 0 Å². The maximum absolute atomic E-state index is 11.4. The molecule has 0 saturated carbocycles. The fourth-order valence-electron chi connectivity index (χ4n) is 1.62. The number of benzene rings is 1. The van der Waals surface area contributed by atoms with E-state index < -0.39 is 0 Å². The van der Waals surface area contributed by atoms with Gasteiger partial charge in [0.1, 0.15) is 0 Å². The molecule has 0 amide bonds. The van der Waals surface area contributed by atoms with Gasteiger partial charge in [0.05, 0.1) is 13.0 Å². The minimum atomic E-state index is -0.152. The van der Waals surface area contributed by atoms with Crippen LogP contribution in [0.3, 0.4) is 0 Å². The van der Waals surface area contributed by atoms with E-state index in [-0.39, 0.29) is 5.97 Å². The van der Waals surface area contributed by atoms with Crippen molar-refractivity contribution in [2.45, 2.75) is 30.6 Å². The lowest BCUT2D eigenvalue weighted by molar-refractivity contribution is -0.143. The summed E-state index contributed by atoms with van der Waals surface area (Å²) < 4.78 is 5.88. The SMILES string of the molecule is CCCOC(=O)CCSc1nnc(NCc2ccccc2)s1. The Kier molecular flexibility index (Phi) is 7.18. The molecular weight excluding hydrogens is 318 g/mol. The largest absolute Gasteiger partial charge is 0.466 e. The first kappa shape index (κ1) is 16.8. The second-order valence-electron chi connectivity index (χ2n) is 4.53. The maximum atomic E-state index is 11.4. The van der Waals surface area contributed by atoms with Gasteiger partial charge in [-0.05, 0) is 12.0 Å². The third-order valence-electron chi connectivity index (χ3n) is 2.69. The Morgan fingerprint density at radius 3 is 2.91 bits per heavy atom. The van der Waals surface area contributed by atoms with Crippen LogP contribution < -0.4 is 5.32 Å². The molecule has 7 heteroatoms. The molecule has 0 saturated heterocycles. The van der Waals surface area contributed by atoms with E-state index in [0.29, 0.717) is 18.8 Å². The molecule has 5 nitrogen and oxygen atoms in total. The third kappa shape index (κ3) is 6.03. The van der Waals surface area contributed by atoms with Crippen LogP contribution in [-0.4, -0.2) is 28.5 Å². The van der Waals surface area contributed by atoms with Crippen molar-refractivity contribution in [2.75, 3.05) is 17.7 Å². The van der Waals surface area contributed by atoms with Crippen LogP contribution in [0, 0.1) is 0 Å². The van der Waals surface area contributed by atoms with E-state index in [2.05, 4.69) is 27.6 Å². The molecule has 0 radical (unpaired) electrons. The zero-order valence-corrected chi connectivity index (χ0v) is 14.1. The van der Waals surface area contributed by atoms with Crippen molar-refractivity contribution in [1.82, 2.24) is 10.2 Å². The molecule has 0 bridgehead atoms. The summed E-state index contributed by atoms with van der Waals surface area (Å²) in [5, 5.41) is 12.2. The predicted molar refractivity (Wildman–Crippen MR) is 90.3 cm³/mol. The van der Waals surface area contributed by atoms with Gasteiger partial charge in [-0.25, -0.2) is 0 Å². The van der Waals surface area contributed by atoms with Gasteiger partial charge in [0.15, 0.2) is 4.34 Å². The molecule has 1 aromatic carbocycles. The van der Waals surface area contributed by atoms with Gasteiger partial charge in [-0.3, -0.25) is 4.79 Å². The highest BCUT2D eigenvalue weighted by Crippen LogP contribution is 2.26. The number of ether oxygens (including phenoxy) is 1. The second kappa shape index (κ2) is 9.42. The number of carbonyl (C=O) groups excluding carboxylic acids is 1. The molecule has 0 fully saturated rings. The Morgan fingerprint density at radius 2 is 2.14 bits per heavy atom. The van der Waals surface area contributed by atoms with Crippen molar-refractivity contribution in [2.24, 2.45) is 0 Å². The van der Waals surface area contributed by atoms with E-state index in [1.807, 2.05) is 25.1 Å². The summed E-state index contributed by atoms with van der Waals surface area (Å²) >= 11 is 3.03. The number of hydrogen-bond donors (Lipinski definition) is 1. The molecule has 0 aliphatic rings. The van der Waals surface area contributed by atoms with Crippen LogP contribution in [0.15, 0.2) is 34.7 Å². The van der Waals surface area contributed by atoms with Gasteiger partial charge in [-0.15, -0.1) is 10.2 Å². The Hall–Kier alpha value is -1.60. The van der Waals surface area contributed by atoms with Crippen LogP contribution in [0.1, 0.15) is 25.3 Å². The topological polar surface area (TPSA) is 64.1 Å². The van der Waals surface area contributed by atoms with E-state index >= 15 is 0 Å². The van der Waals surface area contributed by atoms with Gasteiger partial charge in [-0.1, -0.05) is 60.4 Å². The molecule has 1 heterocycles. The van der Waals surface area contributed by atoms with Crippen LogP contribution in [-0.2, 0) is 16.1 Å². The molecule has 2 rings (SSSR count). The molecule has 0 unspecified atom stereocenters. The zero-order valence-electron chi connectivity index (χ0n) is 12.4. The molecule has 2 aromatic rings. The maximum Gasteiger partial charge on any atom is 0.306 e. The normalized spacial score (nSPS) is 10.4. The summed E-state index contributed by atoms with van der Waals surface area (Å²) in [5.74, 6) is 0.511. The van der Waals surface area contributed by atoms with Crippen LogP contribution >= 0.6 is 23.1 Å². The zero-order chi connectivity index (χ0) is 15.6. The number of nitrogens with zero attached hydrogens (tertiary/aromatic N) is 2. The summed E-state index contributed by atoms with van der Waals surface area (Å²) in [6.07, 6.45) is 1.25. The van der Waals surface area contributed by atoms with Crippen LogP contribution in [0.2, 0.25) is 0 Å². The summed E-state index contributed by atoms with van der Waals surface area (Å²) in [6.45, 7) is 3.20. The van der Waals surface area contributed by atoms with Crippen molar-refractivity contribution in [3.63, 3.8) is 0 Å². The van der Waals surface area contributed by atoms with E-state index in [1.54, 1.807) is 0 Å². The number of anilines is 1. The number of hydrogen-bond acceptors (Lipinski definition) is 7. The third-order valence-corrected chi connectivity index (χ3v) is 4.71. The standard InChI is InChI=1S/C15H19N3O2S2/c1-2-9-20-13(19)8-10-21-15-18-17-14(22-15)16-11-12-6-4-3-5-7-12/h3-7H,2,8-11H2,1H3,(H,16,17). The number of esters is 1. The molecule has 0 spiro atoms. The molecule has 1 N–H and O–H groups in total. The van der Waals surface area contributed by atoms with E-state index in [9.17, 15) is 4.79 Å². The van der Waals surface area contributed by atoms with Crippen molar-refractivity contribution < 1.29 is 9.53 Å². The number of thioether (sulfide) groups is 1. The Morgan fingerprint density at radius 1 is 1.32 bits per heavy atom. The Bertz CT molecular complexity index is 575. The number of carbonyl (C=O) groups is 1. The molecule has 22 heavy (non-hydrogen) atoms. The molecular formula is C15H19N3O2S2. The lowest BCUT2D eigenvalue weighted by Crippen LogP contribution is -2.05. The highest BCUT2D eigenvalue weighted by Gasteiger charge is 2.07. The summed E-state index contributed by atoms with van der Waals surface area (Å²) in [5.41, 5.74) is 1.20. The number of rotatable bonds is 9. The summed E-state index contributed by atoms with van der Waals surface area (Å²) in [4.78, 5) is 11.4. The van der Waals surface area contributed by atoms with E-state index in [0.717, 1.165) is 22.4 Å². The van der Waals surface area contributed by atoms with Gasteiger partial charge in [0.25, 0.3) is 0 Å². The van der Waals surface area contributed by atoms with Gasteiger partial charge >= 0.3 is 5.97 Å². The number of aromatic nitrogens is 2. The van der Waals surface area contributed by atoms with E-state index in [4.69, 9.17) is 4.74 Å². The van der Waals surface area contributed by atoms with Gasteiger partial charge in [0, 0.05) is 12.3 Å². The lowest BCUT2D eigenvalue weighted by atomic mass is 10.2. The fraction of sp³-hybridized carbons (Fsp3) is 0.400. The lowest BCUT2D eigenvalue weighted by Gasteiger charge is -2.01. The predicted octanol–water partition coefficient (Wildman–Crippen LogP) is 3.59. The second-order valence-corrected chi connectivity index (χ2v) is 6.85. The summed E-state index contributed by atoms with van der Waals surface area (Å²) in [6, 6.07) is 10.1. The number of nitrogens with one attached hydrogen (secondary N) is 1. The summed E-state index contributed by atoms with van der Waals surface area (Å²) in [7, 11) is 0. The molecule has 118 valence electrons. The average Bonchev–Trinajstić information content (AvgIpc) is 3.00. The molecule has 0 atom stereocenters. The highest BCUT2D eigenvalue weighted by atomic mass is 32.2. The van der Waals surface area contributed by atoms with E-state index in [1.165, 1.54) is 28.7 Å². The van der Waals surface area contributed by atoms with Crippen molar-refractivity contribution in [3.05, 3.63) is 35.9 Å². The highest BCUT2D eigenvalue weighted by molar-refractivity contribution is 8.01. The average molecular weight is 337 g/mol. The van der Waals surface area contributed by atoms with Crippen molar-refractivity contribution >= 4 is 34.2 Å². The Labute approximate surface area is 138 Å². The van der Waals surface area contributed by atoms with Gasteiger partial charge in [0.2, 0.25) is 5.13 Å². The molecule has 0 aliphatic carbocycles. The fourth-order valence-corrected chi connectivity index (χ4v) is 3.36. The monoisotopic (exact) mass is 337 g/mol. The van der Waals surface area contributed by atoms with Crippen molar-refractivity contribution in [1.29, 1.82) is 0 Å². The van der Waals surface area contributed by atoms with Gasteiger partial charge < -0.3 is 10.1 Å². The molecule has 0 aliphatic heterocycles. The minimum Gasteiger partial charge on any atom is -0.466 e. The minimum absolute atomic E-state index is 0.152. The first-order chi connectivity index (χ1) is 10.8.